The molecule has 60 valence electrons. The first-order valence-electron chi connectivity index (χ1n) is 2.87. The fourth-order valence-corrected chi connectivity index (χ4v) is 1.43. The third-order valence-electron chi connectivity index (χ3n) is 1.04. The Morgan fingerprint density at radius 1 is 1.70 bits per heavy atom. The summed E-state index contributed by atoms with van der Waals surface area (Å²) in [6, 6.07) is 0. The molecule has 0 saturated carbocycles. The van der Waals surface area contributed by atoms with Gasteiger partial charge in [0, 0.05) is 7.11 Å². The predicted octanol–water partition coefficient (Wildman–Crippen LogP) is -0.0361. The van der Waals surface area contributed by atoms with Crippen molar-refractivity contribution in [2.24, 2.45) is 0 Å². The van der Waals surface area contributed by atoms with Crippen LogP contribution >= 0.6 is 0 Å². The zero-order chi connectivity index (χ0) is 8.15. The topological polar surface area (TPSA) is 46.5 Å². The van der Waals surface area contributed by atoms with E-state index in [4.69, 9.17) is 9.84 Å². The minimum Gasteiger partial charge on any atom is -0.479 e. The van der Waals surface area contributed by atoms with E-state index in [0.29, 0.717) is 5.75 Å². The standard InChI is InChI=1S/C6H12O3S/c1-9-5(6(7)8)4-10(2)3/h5H,4H2,1-3H3/p+1/t5-/m0/s1. The molecule has 0 bridgehead atoms. The molecule has 0 fully saturated rings. The van der Waals surface area contributed by atoms with Gasteiger partial charge in [0.15, 0.2) is 6.10 Å². The molecular formula is C6H13O3S+. The van der Waals surface area contributed by atoms with Crippen LogP contribution in [0.3, 0.4) is 0 Å². The number of methoxy groups -OCH3 is 1. The van der Waals surface area contributed by atoms with E-state index < -0.39 is 12.1 Å². The SMILES string of the molecule is CO[C@@H](C[S+](C)C)C(=O)O. The van der Waals surface area contributed by atoms with Gasteiger partial charge in [0.1, 0.15) is 5.75 Å². The van der Waals surface area contributed by atoms with Crippen molar-refractivity contribution in [3.63, 3.8) is 0 Å². The molecule has 4 heteroatoms. The molecule has 0 heterocycles. The van der Waals surface area contributed by atoms with Crippen LogP contribution in [0.15, 0.2) is 0 Å². The van der Waals surface area contributed by atoms with Gasteiger partial charge in [0.05, 0.1) is 12.5 Å². The molecule has 10 heavy (non-hydrogen) atoms. The first kappa shape index (κ1) is 9.78. The largest absolute Gasteiger partial charge is 0.479 e. The monoisotopic (exact) mass is 165 g/mol. The molecule has 0 aromatic rings. The van der Waals surface area contributed by atoms with Gasteiger partial charge in [-0.3, -0.25) is 0 Å². The zero-order valence-corrected chi connectivity index (χ0v) is 7.27. The summed E-state index contributed by atoms with van der Waals surface area (Å²) in [5.74, 6) is -0.269. The van der Waals surface area contributed by atoms with E-state index in [-0.39, 0.29) is 10.9 Å². The van der Waals surface area contributed by atoms with Crippen molar-refractivity contribution < 1.29 is 14.6 Å². The summed E-state index contributed by atoms with van der Waals surface area (Å²) in [5.41, 5.74) is 0. The number of carboxylic acids is 1. The number of ether oxygens (including phenoxy) is 1. The van der Waals surface area contributed by atoms with Crippen LogP contribution in [0.1, 0.15) is 0 Å². The molecule has 0 aromatic carbocycles. The molecule has 0 aromatic heterocycles. The number of hydrogen-bond acceptors (Lipinski definition) is 2. The first-order chi connectivity index (χ1) is 4.57. The minimum absolute atomic E-state index is 0.128. The Morgan fingerprint density at radius 2 is 2.20 bits per heavy atom. The third-order valence-corrected chi connectivity index (χ3v) is 2.01. The molecule has 0 saturated heterocycles. The maximum atomic E-state index is 10.3. The lowest BCUT2D eigenvalue weighted by Gasteiger charge is -2.06. The van der Waals surface area contributed by atoms with Crippen molar-refractivity contribution in [2.45, 2.75) is 6.10 Å². The van der Waals surface area contributed by atoms with Crippen LogP contribution in [0.25, 0.3) is 0 Å². The Bertz CT molecular complexity index is 114. The Balaban J connectivity index is 3.72. The molecule has 0 rings (SSSR count). The summed E-state index contributed by atoms with van der Waals surface area (Å²) >= 11 is 0. The highest BCUT2D eigenvalue weighted by Crippen LogP contribution is 1.95. The molecule has 1 N–H and O–H groups in total. The van der Waals surface area contributed by atoms with Crippen LogP contribution in [0.2, 0.25) is 0 Å². The van der Waals surface area contributed by atoms with Crippen LogP contribution in [0.5, 0.6) is 0 Å². The highest BCUT2D eigenvalue weighted by atomic mass is 32.2. The Morgan fingerprint density at radius 3 is 2.30 bits per heavy atom. The first-order valence-corrected chi connectivity index (χ1v) is 5.08. The summed E-state index contributed by atoms with van der Waals surface area (Å²) in [7, 11) is 1.55. The van der Waals surface area contributed by atoms with Gasteiger partial charge in [0.2, 0.25) is 0 Å². The van der Waals surface area contributed by atoms with Crippen LogP contribution in [0.4, 0.5) is 0 Å². The molecule has 0 amide bonds. The van der Waals surface area contributed by atoms with E-state index in [0.717, 1.165) is 0 Å². The zero-order valence-electron chi connectivity index (χ0n) is 6.46. The molecule has 0 aliphatic rings. The average Bonchev–Trinajstić information content (AvgIpc) is 1.81. The normalized spacial score (nSPS) is 13.6. The van der Waals surface area contributed by atoms with E-state index >= 15 is 0 Å². The van der Waals surface area contributed by atoms with Crippen molar-refractivity contribution in [1.82, 2.24) is 0 Å². The van der Waals surface area contributed by atoms with Crippen molar-refractivity contribution in [3.8, 4) is 0 Å². The summed E-state index contributed by atoms with van der Waals surface area (Å²) in [6.45, 7) is 0. The van der Waals surface area contributed by atoms with Crippen LogP contribution < -0.4 is 0 Å². The predicted molar refractivity (Wildman–Crippen MR) is 42.5 cm³/mol. The van der Waals surface area contributed by atoms with E-state index in [1.165, 1.54) is 7.11 Å². The maximum Gasteiger partial charge on any atom is 0.337 e. The van der Waals surface area contributed by atoms with Crippen molar-refractivity contribution in [3.05, 3.63) is 0 Å². The highest BCUT2D eigenvalue weighted by molar-refractivity contribution is 7.95. The summed E-state index contributed by atoms with van der Waals surface area (Å²) in [5, 5.41) is 8.50. The lowest BCUT2D eigenvalue weighted by Crippen LogP contribution is -2.30. The Labute approximate surface area is 63.7 Å². The molecule has 0 aliphatic carbocycles. The summed E-state index contributed by atoms with van der Waals surface area (Å²) < 4.78 is 4.73. The van der Waals surface area contributed by atoms with Gasteiger partial charge in [-0.15, -0.1) is 0 Å². The Kier molecular flexibility index (Phi) is 4.47. The number of rotatable bonds is 4. The lowest BCUT2D eigenvalue weighted by molar-refractivity contribution is -0.146. The van der Waals surface area contributed by atoms with E-state index in [9.17, 15) is 4.79 Å². The molecule has 0 spiro atoms. The van der Waals surface area contributed by atoms with Crippen LogP contribution in [-0.2, 0) is 20.4 Å². The molecule has 1 atom stereocenters. The lowest BCUT2D eigenvalue weighted by atomic mass is 10.4. The van der Waals surface area contributed by atoms with Crippen LogP contribution in [0, 0.1) is 0 Å². The molecule has 3 nitrogen and oxygen atoms in total. The molecule has 0 aliphatic heterocycles. The second-order valence-electron chi connectivity index (χ2n) is 2.21. The number of carboxylic acid groups (broad SMARTS) is 1. The molecule has 0 unspecified atom stereocenters. The van der Waals surface area contributed by atoms with Gasteiger partial charge < -0.3 is 9.84 Å². The van der Waals surface area contributed by atoms with Crippen molar-refractivity contribution in [1.29, 1.82) is 0 Å². The quantitative estimate of drug-likeness (QED) is 0.595. The van der Waals surface area contributed by atoms with Gasteiger partial charge in [-0.2, -0.15) is 0 Å². The Hall–Kier alpha value is -0.220. The van der Waals surface area contributed by atoms with Gasteiger partial charge in [-0.05, 0) is 10.9 Å². The minimum atomic E-state index is -0.872. The van der Waals surface area contributed by atoms with E-state index in [2.05, 4.69) is 0 Å². The second-order valence-corrected chi connectivity index (χ2v) is 4.52. The van der Waals surface area contributed by atoms with Crippen LogP contribution in [-0.4, -0.2) is 42.6 Å². The summed E-state index contributed by atoms with van der Waals surface area (Å²) in [4.78, 5) is 10.3. The molecular weight excluding hydrogens is 152 g/mol. The van der Waals surface area contributed by atoms with Gasteiger partial charge in [0.25, 0.3) is 0 Å². The second kappa shape index (κ2) is 4.57. The highest BCUT2D eigenvalue weighted by Gasteiger charge is 2.22. The third kappa shape index (κ3) is 3.74. The van der Waals surface area contributed by atoms with E-state index in [1.807, 2.05) is 12.5 Å². The number of aliphatic carboxylic acids is 1. The smallest absolute Gasteiger partial charge is 0.337 e. The van der Waals surface area contributed by atoms with Gasteiger partial charge in [-0.1, -0.05) is 0 Å². The summed E-state index contributed by atoms with van der Waals surface area (Å²) in [6.07, 6.45) is 3.36. The average molecular weight is 165 g/mol. The fraction of sp³-hybridized carbons (Fsp3) is 0.833. The van der Waals surface area contributed by atoms with Crippen molar-refractivity contribution in [2.75, 3.05) is 25.4 Å². The maximum absolute atomic E-state index is 10.3. The molecule has 0 radical (unpaired) electrons. The van der Waals surface area contributed by atoms with Gasteiger partial charge in [-0.25, -0.2) is 4.79 Å². The van der Waals surface area contributed by atoms with E-state index in [1.54, 1.807) is 0 Å². The fourth-order valence-electron chi connectivity index (χ4n) is 0.543. The number of hydrogen-bond donors (Lipinski definition) is 1. The van der Waals surface area contributed by atoms with Gasteiger partial charge >= 0.3 is 5.97 Å². The number of carbonyl (C=O) groups is 1. The van der Waals surface area contributed by atoms with Crippen molar-refractivity contribution >= 4 is 16.9 Å².